The van der Waals surface area contributed by atoms with Gasteiger partial charge in [0.1, 0.15) is 5.92 Å². The van der Waals surface area contributed by atoms with Crippen molar-refractivity contribution < 1.29 is 24.7 Å². The maximum absolute atomic E-state index is 11.3. The van der Waals surface area contributed by atoms with Gasteiger partial charge in [0, 0.05) is 30.5 Å². The summed E-state index contributed by atoms with van der Waals surface area (Å²) in [7, 11) is 0. The van der Waals surface area contributed by atoms with E-state index in [-0.39, 0.29) is 16.8 Å². The Morgan fingerprint density at radius 1 is 1.29 bits per heavy atom. The first-order chi connectivity index (χ1) is 9.91. The van der Waals surface area contributed by atoms with Gasteiger partial charge < -0.3 is 10.2 Å². The number of benzene rings is 1. The average Bonchev–Trinajstić information content (AvgIpc) is 2.46. The topological polar surface area (TPSA) is 130 Å². The number of hydrogen-bond donors (Lipinski definition) is 2. The molecule has 2 rings (SSSR count). The maximum Gasteiger partial charge on any atom is 0.333 e. The number of rotatable bonds is 4. The summed E-state index contributed by atoms with van der Waals surface area (Å²) >= 11 is 0. The molecule has 8 nitrogen and oxygen atoms in total. The largest absolute Gasteiger partial charge is 0.481 e. The van der Waals surface area contributed by atoms with E-state index in [9.17, 15) is 29.9 Å². The molecule has 1 heterocycles. The second kappa shape index (κ2) is 5.53. The van der Waals surface area contributed by atoms with Crippen molar-refractivity contribution in [1.29, 1.82) is 0 Å². The first-order valence-electron chi connectivity index (χ1n) is 5.85. The Morgan fingerprint density at radius 2 is 2.00 bits per heavy atom. The van der Waals surface area contributed by atoms with E-state index in [1.165, 1.54) is 24.3 Å². The zero-order valence-corrected chi connectivity index (χ0v) is 10.5. The molecule has 2 N–H and O–H groups in total. The second-order valence-corrected chi connectivity index (χ2v) is 4.38. The Hall–Kier alpha value is -3.03. The number of non-ortho nitro benzene ring substituents is 1. The third kappa shape index (κ3) is 2.78. The summed E-state index contributed by atoms with van der Waals surface area (Å²) in [5.74, 6) is -4.78. The molecule has 108 valence electrons. The van der Waals surface area contributed by atoms with Gasteiger partial charge in [-0.15, -0.1) is 0 Å². The zero-order chi connectivity index (χ0) is 15.6. The van der Waals surface area contributed by atoms with Gasteiger partial charge in [0.25, 0.3) is 5.69 Å². The highest BCUT2D eigenvalue weighted by molar-refractivity contribution is 5.97. The first-order valence-corrected chi connectivity index (χ1v) is 5.85. The van der Waals surface area contributed by atoms with E-state index in [0.717, 1.165) is 12.4 Å². The molecule has 1 aromatic rings. The lowest BCUT2D eigenvalue weighted by Gasteiger charge is -2.24. The molecule has 0 saturated carbocycles. The van der Waals surface area contributed by atoms with Crippen molar-refractivity contribution >= 4 is 23.8 Å². The SMILES string of the molecule is O=C(O)C1=CN=C[C@@H](C(=O)O)C1c1cccc([N+](=O)[O-])c1. The number of aliphatic carboxylic acids is 2. The predicted octanol–water partition coefficient (Wildman–Crippen LogP) is 1.43. The molecule has 2 atom stereocenters. The second-order valence-electron chi connectivity index (χ2n) is 4.38. The van der Waals surface area contributed by atoms with Crippen molar-refractivity contribution in [2.45, 2.75) is 5.92 Å². The number of carbonyl (C=O) groups is 2. The number of carboxylic acids is 2. The van der Waals surface area contributed by atoms with Crippen molar-refractivity contribution in [3.05, 3.63) is 51.7 Å². The Labute approximate surface area is 118 Å². The highest BCUT2D eigenvalue weighted by Crippen LogP contribution is 2.35. The van der Waals surface area contributed by atoms with Gasteiger partial charge in [-0.1, -0.05) is 12.1 Å². The van der Waals surface area contributed by atoms with Crippen molar-refractivity contribution in [3.63, 3.8) is 0 Å². The molecule has 0 fully saturated rings. The van der Waals surface area contributed by atoms with Gasteiger partial charge in [0.2, 0.25) is 0 Å². The minimum Gasteiger partial charge on any atom is -0.481 e. The summed E-state index contributed by atoms with van der Waals surface area (Å²) in [4.78, 5) is 36.3. The van der Waals surface area contributed by atoms with Crippen LogP contribution in [0.5, 0.6) is 0 Å². The molecule has 21 heavy (non-hydrogen) atoms. The molecule has 1 aromatic carbocycles. The van der Waals surface area contributed by atoms with Gasteiger partial charge in [-0.25, -0.2) is 4.79 Å². The van der Waals surface area contributed by atoms with E-state index in [4.69, 9.17) is 0 Å². The fourth-order valence-corrected chi connectivity index (χ4v) is 2.19. The number of nitro groups is 1. The van der Waals surface area contributed by atoms with Gasteiger partial charge in [-0.3, -0.25) is 19.9 Å². The normalized spacial score (nSPS) is 20.7. The molecule has 0 aliphatic carbocycles. The summed E-state index contributed by atoms with van der Waals surface area (Å²) in [5.41, 5.74) is -0.203. The molecule has 8 heteroatoms. The average molecular weight is 290 g/mol. The van der Waals surface area contributed by atoms with Crippen LogP contribution in [0.25, 0.3) is 0 Å². The highest BCUT2D eigenvalue weighted by Gasteiger charge is 2.36. The minimum atomic E-state index is -1.31. The van der Waals surface area contributed by atoms with E-state index in [1.807, 2.05) is 0 Å². The fourth-order valence-electron chi connectivity index (χ4n) is 2.19. The van der Waals surface area contributed by atoms with Crippen molar-refractivity contribution in [1.82, 2.24) is 0 Å². The smallest absolute Gasteiger partial charge is 0.333 e. The first kappa shape index (κ1) is 14.4. The third-order valence-corrected chi connectivity index (χ3v) is 3.13. The van der Waals surface area contributed by atoms with Gasteiger partial charge in [-0.05, 0) is 5.56 Å². The molecular formula is C13H10N2O6. The van der Waals surface area contributed by atoms with Gasteiger partial charge in [-0.2, -0.15) is 0 Å². The fraction of sp³-hybridized carbons (Fsp3) is 0.154. The Bertz CT molecular complexity index is 679. The summed E-state index contributed by atoms with van der Waals surface area (Å²) in [6, 6.07) is 5.28. The molecule has 1 unspecified atom stereocenters. The number of nitro benzene ring substituents is 1. The lowest BCUT2D eigenvalue weighted by Crippen LogP contribution is -2.29. The van der Waals surface area contributed by atoms with Crippen LogP contribution in [0, 0.1) is 16.0 Å². The highest BCUT2D eigenvalue weighted by atomic mass is 16.6. The van der Waals surface area contributed by atoms with E-state index in [2.05, 4.69) is 4.99 Å². The number of hydrogen-bond acceptors (Lipinski definition) is 5. The number of nitrogens with zero attached hydrogens (tertiary/aromatic N) is 2. The van der Waals surface area contributed by atoms with Crippen LogP contribution in [0.15, 0.2) is 41.0 Å². The van der Waals surface area contributed by atoms with E-state index in [1.54, 1.807) is 0 Å². The monoisotopic (exact) mass is 290 g/mol. The molecule has 1 aliphatic heterocycles. The van der Waals surface area contributed by atoms with Crippen molar-refractivity contribution in [2.24, 2.45) is 10.9 Å². The molecule has 0 aromatic heterocycles. The van der Waals surface area contributed by atoms with Crippen LogP contribution >= 0.6 is 0 Å². The molecule has 0 spiro atoms. The molecule has 0 bridgehead atoms. The predicted molar refractivity (Wildman–Crippen MR) is 71.2 cm³/mol. The van der Waals surface area contributed by atoms with E-state index in [0.29, 0.717) is 0 Å². The van der Waals surface area contributed by atoms with Crippen molar-refractivity contribution in [3.8, 4) is 0 Å². The Balaban J connectivity index is 2.54. The standard InChI is InChI=1S/C13H10N2O6/c16-12(17)9-5-14-6-10(13(18)19)11(9)7-2-1-3-8(4-7)15(20)21/h1-6,9,11H,(H,16,17)(H,18,19)/t9-,11?/m1/s1. The summed E-state index contributed by atoms with van der Waals surface area (Å²) in [6.45, 7) is 0. The van der Waals surface area contributed by atoms with E-state index < -0.39 is 28.7 Å². The summed E-state index contributed by atoms with van der Waals surface area (Å²) < 4.78 is 0. The van der Waals surface area contributed by atoms with Crippen LogP contribution in [0.3, 0.4) is 0 Å². The molecular weight excluding hydrogens is 280 g/mol. The molecule has 0 saturated heterocycles. The molecule has 0 radical (unpaired) electrons. The Morgan fingerprint density at radius 3 is 2.57 bits per heavy atom. The van der Waals surface area contributed by atoms with Crippen LogP contribution < -0.4 is 0 Å². The van der Waals surface area contributed by atoms with E-state index >= 15 is 0 Å². The number of carboxylic acid groups (broad SMARTS) is 2. The van der Waals surface area contributed by atoms with Crippen LogP contribution in [0.4, 0.5) is 5.69 Å². The minimum absolute atomic E-state index is 0.217. The number of aliphatic imine (C=N–C) groups is 1. The lowest BCUT2D eigenvalue weighted by molar-refractivity contribution is -0.384. The van der Waals surface area contributed by atoms with Crippen LogP contribution in [-0.2, 0) is 9.59 Å². The van der Waals surface area contributed by atoms with Gasteiger partial charge in [0.15, 0.2) is 0 Å². The quantitative estimate of drug-likeness (QED) is 0.637. The summed E-state index contributed by atoms with van der Waals surface area (Å²) in [5, 5.41) is 29.2. The van der Waals surface area contributed by atoms with Gasteiger partial charge >= 0.3 is 11.9 Å². The van der Waals surface area contributed by atoms with Crippen LogP contribution in [0.2, 0.25) is 0 Å². The molecule has 1 aliphatic rings. The third-order valence-electron chi connectivity index (χ3n) is 3.13. The van der Waals surface area contributed by atoms with Crippen molar-refractivity contribution in [2.75, 3.05) is 0 Å². The zero-order valence-electron chi connectivity index (χ0n) is 10.5. The Kier molecular flexibility index (Phi) is 3.79. The van der Waals surface area contributed by atoms with Crippen LogP contribution in [-0.4, -0.2) is 33.3 Å². The van der Waals surface area contributed by atoms with Gasteiger partial charge in [0.05, 0.1) is 10.5 Å². The lowest BCUT2D eigenvalue weighted by atomic mass is 9.80. The van der Waals surface area contributed by atoms with Crippen LogP contribution in [0.1, 0.15) is 11.5 Å². The maximum atomic E-state index is 11.3. The summed E-state index contributed by atoms with van der Waals surface area (Å²) in [6.07, 6.45) is 2.18. The molecule has 0 amide bonds.